The number of benzene rings is 1. The second-order valence-corrected chi connectivity index (χ2v) is 4.14. The van der Waals surface area contributed by atoms with Crippen LogP contribution >= 0.6 is 0 Å². The van der Waals surface area contributed by atoms with Gasteiger partial charge in [0.25, 0.3) is 5.91 Å². The first-order valence-corrected chi connectivity index (χ1v) is 6.13. The second-order valence-electron chi connectivity index (χ2n) is 4.14. The van der Waals surface area contributed by atoms with Gasteiger partial charge in [-0.15, -0.1) is 0 Å². The van der Waals surface area contributed by atoms with Gasteiger partial charge in [0, 0.05) is 13.2 Å². The molecular formula is C13H20N2O3. The molecule has 0 aliphatic carbocycles. The van der Waals surface area contributed by atoms with Crippen LogP contribution in [0, 0.1) is 0 Å². The number of amides is 1. The molecule has 0 unspecified atom stereocenters. The van der Waals surface area contributed by atoms with Gasteiger partial charge >= 0.3 is 0 Å². The molecule has 0 saturated heterocycles. The van der Waals surface area contributed by atoms with Crippen LogP contribution in [-0.2, 0) is 0 Å². The van der Waals surface area contributed by atoms with Crippen LogP contribution in [0.1, 0.15) is 36.0 Å². The maximum absolute atomic E-state index is 11.7. The van der Waals surface area contributed by atoms with Gasteiger partial charge in [0.2, 0.25) is 0 Å². The van der Waals surface area contributed by atoms with E-state index in [4.69, 9.17) is 10.8 Å². The molecule has 1 rings (SSSR count). The van der Waals surface area contributed by atoms with Crippen molar-refractivity contribution in [2.75, 3.05) is 18.9 Å². The van der Waals surface area contributed by atoms with Crippen LogP contribution in [0.3, 0.4) is 0 Å². The molecule has 0 aliphatic heterocycles. The minimum atomic E-state index is -0.318. The molecule has 100 valence electrons. The van der Waals surface area contributed by atoms with E-state index in [2.05, 4.69) is 5.32 Å². The number of anilines is 1. The number of aliphatic hydroxyl groups excluding tert-OH is 1. The Balaban J connectivity index is 2.35. The van der Waals surface area contributed by atoms with Crippen molar-refractivity contribution in [2.24, 2.45) is 0 Å². The Morgan fingerprint density at radius 1 is 1.22 bits per heavy atom. The number of nitrogens with two attached hydrogens (primary N) is 1. The molecule has 1 amide bonds. The highest BCUT2D eigenvalue weighted by Gasteiger charge is 2.11. The average Bonchev–Trinajstić information content (AvgIpc) is 2.36. The van der Waals surface area contributed by atoms with Crippen LogP contribution in [0.2, 0.25) is 0 Å². The SMILES string of the molecule is Nc1cccc(C(=O)NCCCCCCO)c1O. The summed E-state index contributed by atoms with van der Waals surface area (Å²) in [5, 5.41) is 21.0. The fourth-order valence-corrected chi connectivity index (χ4v) is 1.63. The summed E-state index contributed by atoms with van der Waals surface area (Å²) in [6, 6.07) is 4.71. The number of hydrogen-bond donors (Lipinski definition) is 4. The third kappa shape index (κ3) is 4.25. The van der Waals surface area contributed by atoms with E-state index in [1.807, 2.05) is 0 Å². The van der Waals surface area contributed by atoms with Crippen molar-refractivity contribution in [3.8, 4) is 5.75 Å². The first kappa shape index (κ1) is 14.3. The molecule has 5 heteroatoms. The number of carbonyl (C=O) groups is 1. The Bertz CT molecular complexity index is 394. The molecule has 0 spiro atoms. The smallest absolute Gasteiger partial charge is 0.255 e. The highest BCUT2D eigenvalue weighted by molar-refractivity contribution is 5.98. The lowest BCUT2D eigenvalue weighted by Crippen LogP contribution is -2.24. The van der Waals surface area contributed by atoms with Crippen LogP contribution in [0.15, 0.2) is 18.2 Å². The number of phenolic OH excluding ortho intramolecular Hbond substituents is 1. The largest absolute Gasteiger partial charge is 0.505 e. The summed E-state index contributed by atoms with van der Waals surface area (Å²) >= 11 is 0. The van der Waals surface area contributed by atoms with Crippen molar-refractivity contribution in [3.63, 3.8) is 0 Å². The molecule has 0 aliphatic rings. The summed E-state index contributed by atoms with van der Waals surface area (Å²) < 4.78 is 0. The van der Waals surface area contributed by atoms with Crippen LogP contribution in [-0.4, -0.2) is 29.3 Å². The molecule has 0 aromatic heterocycles. The Morgan fingerprint density at radius 2 is 1.94 bits per heavy atom. The number of carbonyl (C=O) groups excluding carboxylic acids is 1. The van der Waals surface area contributed by atoms with Gasteiger partial charge in [-0.3, -0.25) is 4.79 Å². The predicted molar refractivity (Wildman–Crippen MR) is 70.4 cm³/mol. The molecule has 1 aromatic rings. The number of rotatable bonds is 7. The third-order valence-electron chi connectivity index (χ3n) is 2.68. The lowest BCUT2D eigenvalue weighted by atomic mass is 10.1. The molecule has 0 bridgehead atoms. The number of para-hydroxylation sites is 1. The molecule has 5 nitrogen and oxygen atoms in total. The summed E-state index contributed by atoms with van der Waals surface area (Å²) in [5.74, 6) is -0.489. The van der Waals surface area contributed by atoms with E-state index >= 15 is 0 Å². The van der Waals surface area contributed by atoms with Crippen molar-refractivity contribution >= 4 is 11.6 Å². The third-order valence-corrected chi connectivity index (χ3v) is 2.68. The average molecular weight is 252 g/mol. The predicted octanol–water partition coefficient (Wildman–Crippen LogP) is 1.26. The molecule has 0 heterocycles. The van der Waals surface area contributed by atoms with Crippen molar-refractivity contribution < 1.29 is 15.0 Å². The zero-order valence-electron chi connectivity index (χ0n) is 10.4. The monoisotopic (exact) mass is 252 g/mol. The van der Waals surface area contributed by atoms with Crippen LogP contribution < -0.4 is 11.1 Å². The van der Waals surface area contributed by atoms with Crippen molar-refractivity contribution in [1.82, 2.24) is 5.32 Å². The summed E-state index contributed by atoms with van der Waals surface area (Å²) in [6.45, 7) is 0.766. The highest BCUT2D eigenvalue weighted by Crippen LogP contribution is 2.23. The summed E-state index contributed by atoms with van der Waals surface area (Å²) in [4.78, 5) is 11.7. The maximum atomic E-state index is 11.7. The van der Waals surface area contributed by atoms with Gasteiger partial charge in [-0.05, 0) is 25.0 Å². The van der Waals surface area contributed by atoms with Gasteiger partial charge in [0.15, 0.2) is 5.75 Å². The Kier molecular flexibility index (Phi) is 6.00. The zero-order chi connectivity index (χ0) is 13.4. The van der Waals surface area contributed by atoms with E-state index in [9.17, 15) is 9.90 Å². The van der Waals surface area contributed by atoms with Gasteiger partial charge in [-0.1, -0.05) is 18.9 Å². The number of aromatic hydroxyl groups is 1. The first-order valence-electron chi connectivity index (χ1n) is 6.13. The normalized spacial score (nSPS) is 10.3. The standard InChI is InChI=1S/C13H20N2O3/c14-11-7-5-6-10(12(11)17)13(18)15-8-3-1-2-4-9-16/h5-7,16-17H,1-4,8-9,14H2,(H,15,18). The molecule has 5 N–H and O–H groups in total. The van der Waals surface area contributed by atoms with Crippen molar-refractivity contribution in [1.29, 1.82) is 0 Å². The molecule has 0 fully saturated rings. The zero-order valence-corrected chi connectivity index (χ0v) is 10.4. The van der Waals surface area contributed by atoms with E-state index in [-0.39, 0.29) is 29.5 Å². The molecule has 18 heavy (non-hydrogen) atoms. The quantitative estimate of drug-likeness (QED) is 0.334. The van der Waals surface area contributed by atoms with E-state index in [0.717, 1.165) is 25.7 Å². The Labute approximate surface area is 107 Å². The summed E-state index contributed by atoms with van der Waals surface area (Å²) in [5.41, 5.74) is 5.91. The minimum absolute atomic E-state index is 0.171. The number of unbranched alkanes of at least 4 members (excludes halogenated alkanes) is 3. The molecule has 1 aromatic carbocycles. The molecule has 0 atom stereocenters. The molecular weight excluding hydrogens is 232 g/mol. The number of hydrogen-bond acceptors (Lipinski definition) is 4. The molecule has 0 saturated carbocycles. The lowest BCUT2D eigenvalue weighted by molar-refractivity contribution is 0.0950. The van der Waals surface area contributed by atoms with Gasteiger partial charge in [0.1, 0.15) is 0 Å². The minimum Gasteiger partial charge on any atom is -0.505 e. The maximum Gasteiger partial charge on any atom is 0.255 e. The van der Waals surface area contributed by atoms with Gasteiger partial charge in [-0.2, -0.15) is 0 Å². The highest BCUT2D eigenvalue weighted by atomic mass is 16.3. The van der Waals surface area contributed by atoms with E-state index in [1.54, 1.807) is 12.1 Å². The number of phenols is 1. The van der Waals surface area contributed by atoms with Gasteiger partial charge in [-0.25, -0.2) is 0 Å². The van der Waals surface area contributed by atoms with E-state index < -0.39 is 0 Å². The molecule has 0 radical (unpaired) electrons. The topological polar surface area (TPSA) is 95.6 Å². The Hall–Kier alpha value is -1.75. The second kappa shape index (κ2) is 7.55. The van der Waals surface area contributed by atoms with Crippen LogP contribution in [0.5, 0.6) is 5.75 Å². The fraction of sp³-hybridized carbons (Fsp3) is 0.462. The first-order chi connectivity index (χ1) is 8.66. The number of nitrogen functional groups attached to an aromatic ring is 1. The van der Waals surface area contributed by atoms with E-state index in [1.165, 1.54) is 6.07 Å². The summed E-state index contributed by atoms with van der Waals surface area (Å²) in [7, 11) is 0. The lowest BCUT2D eigenvalue weighted by Gasteiger charge is -2.08. The fourth-order valence-electron chi connectivity index (χ4n) is 1.63. The van der Waals surface area contributed by atoms with Crippen LogP contribution in [0.4, 0.5) is 5.69 Å². The van der Waals surface area contributed by atoms with Crippen molar-refractivity contribution in [3.05, 3.63) is 23.8 Å². The number of nitrogens with one attached hydrogen (secondary N) is 1. The van der Waals surface area contributed by atoms with Crippen molar-refractivity contribution in [2.45, 2.75) is 25.7 Å². The Morgan fingerprint density at radius 3 is 2.67 bits per heavy atom. The number of aliphatic hydroxyl groups is 1. The van der Waals surface area contributed by atoms with Crippen LogP contribution in [0.25, 0.3) is 0 Å². The van der Waals surface area contributed by atoms with Gasteiger partial charge < -0.3 is 21.3 Å². The van der Waals surface area contributed by atoms with E-state index in [0.29, 0.717) is 6.54 Å². The summed E-state index contributed by atoms with van der Waals surface area (Å²) in [6.07, 6.45) is 3.57. The van der Waals surface area contributed by atoms with Gasteiger partial charge in [0.05, 0.1) is 11.3 Å².